The van der Waals surface area contributed by atoms with E-state index in [4.69, 9.17) is 4.74 Å². The minimum absolute atomic E-state index is 0.269. The number of hydrogen-bond donors (Lipinski definition) is 2. The number of carbonyl (C=O) groups is 1. The number of alkyl carbamates (subject to hydrolysis) is 1. The van der Waals surface area contributed by atoms with Gasteiger partial charge in [0.1, 0.15) is 0 Å². The van der Waals surface area contributed by atoms with E-state index in [2.05, 4.69) is 10.6 Å². The molecule has 2 atom stereocenters. The summed E-state index contributed by atoms with van der Waals surface area (Å²) in [5.41, 5.74) is 0. The van der Waals surface area contributed by atoms with Gasteiger partial charge < -0.3 is 15.4 Å². The van der Waals surface area contributed by atoms with Crippen molar-refractivity contribution in [2.24, 2.45) is 5.92 Å². The van der Waals surface area contributed by atoms with E-state index in [1.165, 1.54) is 0 Å². The van der Waals surface area contributed by atoms with E-state index in [-0.39, 0.29) is 6.09 Å². The summed E-state index contributed by atoms with van der Waals surface area (Å²) in [5, 5.41) is 6.03. The fourth-order valence-electron chi connectivity index (χ4n) is 1.66. The average molecular weight is 156 g/mol. The Morgan fingerprint density at radius 3 is 3.36 bits per heavy atom. The molecule has 0 aromatic rings. The van der Waals surface area contributed by atoms with Crippen LogP contribution in [0.15, 0.2) is 0 Å². The molecule has 4 nitrogen and oxygen atoms in total. The number of amides is 1. The number of cyclic esters (lactones) is 1. The van der Waals surface area contributed by atoms with E-state index in [0.29, 0.717) is 18.6 Å². The number of rotatable bonds is 0. The van der Waals surface area contributed by atoms with Crippen LogP contribution >= 0.6 is 0 Å². The zero-order valence-corrected chi connectivity index (χ0v) is 6.30. The highest BCUT2D eigenvalue weighted by atomic mass is 16.6. The molecule has 4 heteroatoms. The molecule has 0 aromatic heterocycles. The van der Waals surface area contributed by atoms with Crippen LogP contribution in [-0.4, -0.2) is 31.8 Å². The summed E-state index contributed by atoms with van der Waals surface area (Å²) in [5.74, 6) is 0.522. The Hall–Kier alpha value is -0.770. The van der Waals surface area contributed by atoms with Gasteiger partial charge in [-0.1, -0.05) is 0 Å². The first-order valence-electron chi connectivity index (χ1n) is 4.00. The summed E-state index contributed by atoms with van der Waals surface area (Å²) in [6.07, 6.45) is 0.834. The first kappa shape index (κ1) is 6.91. The van der Waals surface area contributed by atoms with E-state index in [1.807, 2.05) is 0 Å². The number of fused-ring (bicyclic) bond motifs is 1. The summed E-state index contributed by atoms with van der Waals surface area (Å²) in [7, 11) is 0. The minimum Gasteiger partial charge on any atom is -0.449 e. The molecule has 2 heterocycles. The summed E-state index contributed by atoms with van der Waals surface area (Å²) in [6.45, 7) is 2.53. The average Bonchev–Trinajstić information content (AvgIpc) is 2.04. The van der Waals surface area contributed by atoms with Crippen molar-refractivity contribution < 1.29 is 9.53 Å². The van der Waals surface area contributed by atoms with Crippen LogP contribution < -0.4 is 10.6 Å². The van der Waals surface area contributed by atoms with Crippen LogP contribution in [0.25, 0.3) is 0 Å². The third-order valence-corrected chi connectivity index (χ3v) is 2.36. The first-order valence-corrected chi connectivity index (χ1v) is 4.00. The van der Waals surface area contributed by atoms with Gasteiger partial charge in [0.2, 0.25) is 0 Å². The molecule has 2 aliphatic rings. The lowest BCUT2D eigenvalue weighted by Gasteiger charge is -2.35. The van der Waals surface area contributed by atoms with Gasteiger partial charge in [-0.15, -0.1) is 0 Å². The lowest BCUT2D eigenvalue weighted by Crippen LogP contribution is -2.56. The second-order valence-electron chi connectivity index (χ2n) is 3.10. The van der Waals surface area contributed by atoms with E-state index in [1.54, 1.807) is 0 Å². The van der Waals surface area contributed by atoms with Gasteiger partial charge in [-0.2, -0.15) is 0 Å². The molecule has 0 bridgehead atoms. The van der Waals surface area contributed by atoms with E-state index in [9.17, 15) is 4.79 Å². The summed E-state index contributed by atoms with van der Waals surface area (Å²) in [6, 6.07) is 0.296. The second-order valence-corrected chi connectivity index (χ2v) is 3.10. The van der Waals surface area contributed by atoms with Gasteiger partial charge in [-0.25, -0.2) is 4.79 Å². The first-order chi connectivity index (χ1) is 5.36. The molecule has 0 spiro atoms. The SMILES string of the molecule is O=C1N[C@@H]2CNCC[C@@H]2CO1. The Labute approximate surface area is 65.3 Å². The molecule has 2 aliphatic heterocycles. The van der Waals surface area contributed by atoms with Gasteiger partial charge in [0.25, 0.3) is 0 Å². The fraction of sp³-hybridized carbons (Fsp3) is 0.857. The highest BCUT2D eigenvalue weighted by molar-refractivity contribution is 5.68. The molecule has 2 rings (SSSR count). The predicted molar refractivity (Wildman–Crippen MR) is 39.2 cm³/mol. The molecular formula is C7H12N2O2. The smallest absolute Gasteiger partial charge is 0.407 e. The molecule has 2 N–H and O–H groups in total. The minimum atomic E-state index is -0.269. The van der Waals surface area contributed by atoms with Gasteiger partial charge in [0.15, 0.2) is 0 Å². The maximum Gasteiger partial charge on any atom is 0.407 e. The Morgan fingerprint density at radius 2 is 2.45 bits per heavy atom. The monoisotopic (exact) mass is 156 g/mol. The van der Waals surface area contributed by atoms with E-state index in [0.717, 1.165) is 19.5 Å². The molecule has 1 amide bonds. The molecule has 0 radical (unpaired) electrons. The highest BCUT2D eigenvalue weighted by Gasteiger charge is 2.31. The van der Waals surface area contributed by atoms with Gasteiger partial charge in [0.05, 0.1) is 12.6 Å². The largest absolute Gasteiger partial charge is 0.449 e. The normalized spacial score (nSPS) is 36.9. The quantitative estimate of drug-likeness (QED) is 0.506. The molecule has 0 unspecified atom stereocenters. The molecule has 0 aromatic carbocycles. The van der Waals surface area contributed by atoms with Gasteiger partial charge in [-0.05, 0) is 13.0 Å². The van der Waals surface area contributed by atoms with E-state index >= 15 is 0 Å². The van der Waals surface area contributed by atoms with Crippen molar-refractivity contribution in [2.45, 2.75) is 12.5 Å². The van der Waals surface area contributed by atoms with Gasteiger partial charge in [-0.3, -0.25) is 0 Å². The van der Waals surface area contributed by atoms with Crippen LogP contribution in [-0.2, 0) is 4.74 Å². The van der Waals surface area contributed by atoms with Crippen molar-refractivity contribution in [3.63, 3.8) is 0 Å². The van der Waals surface area contributed by atoms with Crippen LogP contribution in [0.1, 0.15) is 6.42 Å². The molecule has 0 aliphatic carbocycles. The van der Waals surface area contributed by atoms with Crippen molar-refractivity contribution in [1.82, 2.24) is 10.6 Å². The Bertz CT molecular complexity index is 172. The maximum absolute atomic E-state index is 10.8. The number of nitrogens with one attached hydrogen (secondary N) is 2. The molecule has 0 saturated carbocycles. The second kappa shape index (κ2) is 2.70. The van der Waals surface area contributed by atoms with Crippen molar-refractivity contribution in [1.29, 1.82) is 0 Å². The molecule has 2 saturated heterocycles. The molecule has 11 heavy (non-hydrogen) atoms. The number of piperidine rings is 1. The zero-order chi connectivity index (χ0) is 7.68. The van der Waals surface area contributed by atoms with Crippen LogP contribution in [0.4, 0.5) is 4.79 Å². The maximum atomic E-state index is 10.8. The summed E-state index contributed by atoms with van der Waals surface area (Å²) >= 11 is 0. The Kier molecular flexibility index (Phi) is 1.69. The number of hydrogen-bond acceptors (Lipinski definition) is 3. The predicted octanol–water partition coefficient (Wildman–Crippen LogP) is -0.296. The van der Waals surface area contributed by atoms with Crippen LogP contribution in [0.3, 0.4) is 0 Å². The van der Waals surface area contributed by atoms with E-state index < -0.39 is 0 Å². The Balaban J connectivity index is 1.98. The van der Waals surface area contributed by atoms with Crippen molar-refractivity contribution in [3.8, 4) is 0 Å². The number of carbonyl (C=O) groups excluding carboxylic acids is 1. The van der Waals surface area contributed by atoms with Gasteiger partial charge >= 0.3 is 6.09 Å². The fourth-order valence-corrected chi connectivity index (χ4v) is 1.66. The lowest BCUT2D eigenvalue weighted by molar-refractivity contribution is 0.0692. The van der Waals surface area contributed by atoms with Crippen LogP contribution in [0.2, 0.25) is 0 Å². The molecule has 62 valence electrons. The zero-order valence-electron chi connectivity index (χ0n) is 6.30. The molecular weight excluding hydrogens is 144 g/mol. The van der Waals surface area contributed by atoms with Crippen molar-refractivity contribution in [2.75, 3.05) is 19.7 Å². The molecule has 2 fully saturated rings. The lowest BCUT2D eigenvalue weighted by atomic mass is 9.93. The van der Waals surface area contributed by atoms with Crippen molar-refractivity contribution >= 4 is 6.09 Å². The van der Waals surface area contributed by atoms with Crippen LogP contribution in [0, 0.1) is 5.92 Å². The standard InChI is InChI=1S/C7H12N2O2/c10-7-9-6-3-8-2-1-5(6)4-11-7/h5-6,8H,1-4H2,(H,9,10)/t5-,6-/m1/s1. The third kappa shape index (κ3) is 1.30. The Morgan fingerprint density at radius 1 is 1.55 bits per heavy atom. The highest BCUT2D eigenvalue weighted by Crippen LogP contribution is 2.16. The van der Waals surface area contributed by atoms with Crippen LogP contribution in [0.5, 0.6) is 0 Å². The van der Waals surface area contributed by atoms with Gasteiger partial charge in [0, 0.05) is 12.5 Å². The summed E-state index contributed by atoms with van der Waals surface area (Å²) < 4.78 is 4.87. The topological polar surface area (TPSA) is 50.4 Å². The van der Waals surface area contributed by atoms with Crippen molar-refractivity contribution in [3.05, 3.63) is 0 Å². The summed E-state index contributed by atoms with van der Waals surface area (Å²) in [4.78, 5) is 10.8. The third-order valence-electron chi connectivity index (χ3n) is 2.36. The number of ether oxygens (including phenoxy) is 1.